The lowest BCUT2D eigenvalue weighted by Crippen LogP contribution is -2.30. The van der Waals surface area contributed by atoms with E-state index in [1.807, 2.05) is 12.3 Å². The number of aromatic nitrogens is 2. The van der Waals surface area contributed by atoms with Crippen molar-refractivity contribution in [2.75, 3.05) is 0 Å². The summed E-state index contributed by atoms with van der Waals surface area (Å²) in [5.74, 6) is 6.44. The van der Waals surface area contributed by atoms with Crippen LogP contribution in [-0.4, -0.2) is 9.55 Å². The van der Waals surface area contributed by atoms with Gasteiger partial charge >= 0.3 is 0 Å². The Balaban J connectivity index is 2.19. The van der Waals surface area contributed by atoms with E-state index in [1.165, 1.54) is 6.07 Å². The molecule has 0 aliphatic rings. The number of nitrogens with two attached hydrogens (primary N) is 1. The molecule has 0 saturated carbocycles. The predicted octanol–water partition coefficient (Wildman–Crippen LogP) is 2.49. The topological polar surface area (TPSA) is 55.9 Å². The van der Waals surface area contributed by atoms with Crippen molar-refractivity contribution < 1.29 is 4.39 Å². The summed E-state index contributed by atoms with van der Waals surface area (Å²) in [5.41, 5.74) is 4.39. The highest BCUT2D eigenvalue weighted by molar-refractivity contribution is 5.27. The number of rotatable bonds is 6. The van der Waals surface area contributed by atoms with Crippen LogP contribution in [0, 0.1) is 12.7 Å². The number of nitrogens with one attached hydrogen (secondary N) is 1. The first kappa shape index (κ1) is 14.7. The number of hydrazine groups is 1. The van der Waals surface area contributed by atoms with Gasteiger partial charge in [-0.05, 0) is 30.5 Å². The van der Waals surface area contributed by atoms with Crippen molar-refractivity contribution in [2.24, 2.45) is 5.84 Å². The molecule has 20 heavy (non-hydrogen) atoms. The Bertz CT molecular complexity index is 565. The molecule has 0 aliphatic carbocycles. The van der Waals surface area contributed by atoms with Gasteiger partial charge < -0.3 is 4.57 Å². The van der Waals surface area contributed by atoms with Gasteiger partial charge in [-0.15, -0.1) is 0 Å². The lowest BCUT2D eigenvalue weighted by molar-refractivity contribution is 0.515. The third kappa shape index (κ3) is 3.23. The highest BCUT2D eigenvalue weighted by atomic mass is 19.1. The zero-order valence-electron chi connectivity index (χ0n) is 11.9. The van der Waals surface area contributed by atoms with Crippen LogP contribution in [0.2, 0.25) is 0 Å². The van der Waals surface area contributed by atoms with Crippen LogP contribution in [0.15, 0.2) is 30.6 Å². The molecule has 0 radical (unpaired) electrons. The third-order valence-corrected chi connectivity index (χ3v) is 3.44. The lowest BCUT2D eigenvalue weighted by atomic mass is 10.0. The summed E-state index contributed by atoms with van der Waals surface area (Å²) in [5, 5.41) is 0. The normalized spacial score (nSPS) is 12.6. The third-order valence-electron chi connectivity index (χ3n) is 3.44. The van der Waals surface area contributed by atoms with E-state index >= 15 is 0 Å². The Morgan fingerprint density at radius 2 is 2.25 bits per heavy atom. The first-order chi connectivity index (χ1) is 9.65. The smallest absolute Gasteiger partial charge is 0.126 e. The van der Waals surface area contributed by atoms with Gasteiger partial charge in [-0.3, -0.25) is 11.3 Å². The molecule has 2 aromatic rings. The summed E-state index contributed by atoms with van der Waals surface area (Å²) in [6, 6.07) is 4.99. The minimum atomic E-state index is -0.197. The summed E-state index contributed by atoms with van der Waals surface area (Å²) in [6.45, 7) is 4.82. The van der Waals surface area contributed by atoms with Crippen molar-refractivity contribution in [1.82, 2.24) is 15.0 Å². The number of nitrogens with zero attached hydrogens (tertiary/aromatic N) is 2. The molecule has 0 saturated heterocycles. The number of halogens is 1. The number of imidazole rings is 1. The first-order valence-corrected chi connectivity index (χ1v) is 6.88. The molecule has 108 valence electrons. The van der Waals surface area contributed by atoms with E-state index in [0.29, 0.717) is 12.0 Å². The zero-order chi connectivity index (χ0) is 14.5. The molecular formula is C15H21FN4. The minimum absolute atomic E-state index is 0.0766. The second-order valence-corrected chi connectivity index (χ2v) is 4.97. The van der Waals surface area contributed by atoms with Gasteiger partial charge in [0.05, 0.1) is 6.04 Å². The largest absolute Gasteiger partial charge is 0.335 e. The van der Waals surface area contributed by atoms with Gasteiger partial charge in [-0.1, -0.05) is 19.1 Å². The van der Waals surface area contributed by atoms with Gasteiger partial charge in [0.15, 0.2) is 0 Å². The Labute approximate surface area is 118 Å². The second kappa shape index (κ2) is 6.63. The fourth-order valence-corrected chi connectivity index (χ4v) is 2.31. The molecule has 0 bridgehead atoms. The summed E-state index contributed by atoms with van der Waals surface area (Å²) < 4.78 is 15.5. The van der Waals surface area contributed by atoms with E-state index in [9.17, 15) is 4.39 Å². The standard InChI is InChI=1S/C15H21FN4/c1-3-7-20-8-6-18-15(20)10-14(19-17)12-4-5-13(16)11(2)9-12/h4-6,8-9,14,19H,3,7,10,17H2,1-2H3. The van der Waals surface area contributed by atoms with E-state index in [0.717, 1.165) is 24.4 Å². The van der Waals surface area contributed by atoms with Gasteiger partial charge in [-0.25, -0.2) is 9.37 Å². The molecule has 0 amide bonds. The number of benzene rings is 1. The highest BCUT2D eigenvalue weighted by Crippen LogP contribution is 2.20. The maximum Gasteiger partial charge on any atom is 0.126 e. The van der Waals surface area contributed by atoms with Crippen LogP contribution in [0.3, 0.4) is 0 Å². The fraction of sp³-hybridized carbons (Fsp3) is 0.400. The molecule has 0 fully saturated rings. The van der Waals surface area contributed by atoms with Crippen LogP contribution in [-0.2, 0) is 13.0 Å². The van der Waals surface area contributed by atoms with Crippen molar-refractivity contribution in [3.05, 3.63) is 53.4 Å². The second-order valence-electron chi connectivity index (χ2n) is 4.97. The van der Waals surface area contributed by atoms with Crippen molar-refractivity contribution in [3.63, 3.8) is 0 Å². The maximum atomic E-state index is 13.3. The Hall–Kier alpha value is -1.72. The Morgan fingerprint density at radius 3 is 2.90 bits per heavy atom. The molecule has 3 N–H and O–H groups in total. The lowest BCUT2D eigenvalue weighted by Gasteiger charge is -2.17. The van der Waals surface area contributed by atoms with Crippen LogP contribution < -0.4 is 11.3 Å². The van der Waals surface area contributed by atoms with Crippen molar-refractivity contribution in [2.45, 2.75) is 39.3 Å². The van der Waals surface area contributed by atoms with Crippen LogP contribution in [0.4, 0.5) is 4.39 Å². The molecular weight excluding hydrogens is 255 g/mol. The van der Waals surface area contributed by atoms with Crippen LogP contribution in [0.1, 0.15) is 36.3 Å². The molecule has 0 spiro atoms. The van der Waals surface area contributed by atoms with Gasteiger partial charge in [0.2, 0.25) is 0 Å². The molecule has 1 unspecified atom stereocenters. The molecule has 5 heteroatoms. The quantitative estimate of drug-likeness (QED) is 0.629. The number of hydrogen-bond donors (Lipinski definition) is 2. The maximum absolute atomic E-state index is 13.3. The van der Waals surface area contributed by atoms with E-state index in [1.54, 1.807) is 19.2 Å². The number of aryl methyl sites for hydroxylation is 2. The Kier molecular flexibility index (Phi) is 4.87. The molecule has 4 nitrogen and oxygen atoms in total. The van der Waals surface area contributed by atoms with Crippen molar-refractivity contribution in [3.8, 4) is 0 Å². The average Bonchev–Trinajstić information content (AvgIpc) is 2.87. The highest BCUT2D eigenvalue weighted by Gasteiger charge is 2.15. The molecule has 1 aromatic carbocycles. The molecule has 2 rings (SSSR count). The predicted molar refractivity (Wildman–Crippen MR) is 77.4 cm³/mol. The molecule has 1 aromatic heterocycles. The Morgan fingerprint density at radius 1 is 1.45 bits per heavy atom. The summed E-state index contributed by atoms with van der Waals surface area (Å²) in [6.07, 6.45) is 5.51. The van der Waals surface area contributed by atoms with E-state index < -0.39 is 0 Å². The van der Waals surface area contributed by atoms with E-state index in [4.69, 9.17) is 5.84 Å². The molecule has 0 aliphatic heterocycles. The SMILES string of the molecule is CCCn1ccnc1CC(NN)c1ccc(F)c(C)c1. The van der Waals surface area contributed by atoms with Crippen molar-refractivity contribution >= 4 is 0 Å². The first-order valence-electron chi connectivity index (χ1n) is 6.88. The monoisotopic (exact) mass is 276 g/mol. The van der Waals surface area contributed by atoms with Crippen LogP contribution >= 0.6 is 0 Å². The summed E-state index contributed by atoms with van der Waals surface area (Å²) in [7, 11) is 0. The van der Waals surface area contributed by atoms with Gasteiger partial charge in [0, 0.05) is 25.4 Å². The van der Waals surface area contributed by atoms with Crippen LogP contribution in [0.5, 0.6) is 0 Å². The van der Waals surface area contributed by atoms with Gasteiger partial charge in [-0.2, -0.15) is 0 Å². The van der Waals surface area contributed by atoms with E-state index in [2.05, 4.69) is 21.9 Å². The van der Waals surface area contributed by atoms with Gasteiger partial charge in [0.1, 0.15) is 11.6 Å². The van der Waals surface area contributed by atoms with Crippen LogP contribution in [0.25, 0.3) is 0 Å². The summed E-state index contributed by atoms with van der Waals surface area (Å²) in [4.78, 5) is 4.38. The van der Waals surface area contributed by atoms with Crippen molar-refractivity contribution in [1.29, 1.82) is 0 Å². The van der Waals surface area contributed by atoms with Gasteiger partial charge in [0.25, 0.3) is 0 Å². The zero-order valence-corrected chi connectivity index (χ0v) is 11.9. The molecule has 1 atom stereocenters. The minimum Gasteiger partial charge on any atom is -0.335 e. The summed E-state index contributed by atoms with van der Waals surface area (Å²) >= 11 is 0. The van der Waals surface area contributed by atoms with E-state index in [-0.39, 0.29) is 11.9 Å². The number of hydrogen-bond acceptors (Lipinski definition) is 3. The molecule has 1 heterocycles. The fourth-order valence-electron chi connectivity index (χ4n) is 2.31. The average molecular weight is 276 g/mol.